The second-order valence-electron chi connectivity index (χ2n) is 12.3. The number of nitrogens with one attached hydrogen (secondary N) is 1. The molecule has 4 rings (SSSR count). The number of morpholine rings is 1. The number of rotatable bonds is 10. The summed E-state index contributed by atoms with van der Waals surface area (Å²) in [6.07, 6.45) is 4.46. The molecule has 2 amide bonds. The Balaban J connectivity index is 1.40. The molecular weight excluding hydrogens is 539 g/mol. The fraction of sp³-hybridized carbons (Fsp3) is 0.633. The number of fused-ring (bicyclic) bond motifs is 1. The van der Waals surface area contributed by atoms with E-state index in [2.05, 4.69) is 30.1 Å². The molecule has 228 valence electrons. The fourth-order valence-corrected chi connectivity index (χ4v) is 6.27. The van der Waals surface area contributed by atoms with E-state index in [-0.39, 0.29) is 30.5 Å². The smallest absolute Gasteiger partial charge is 0.464 e. The predicted molar refractivity (Wildman–Crippen MR) is 157 cm³/mol. The number of furan rings is 1. The first-order valence-electron chi connectivity index (χ1n) is 14.8. The molecule has 2 aromatic rings. The van der Waals surface area contributed by atoms with Gasteiger partial charge >= 0.3 is 13.2 Å². The van der Waals surface area contributed by atoms with Gasteiger partial charge in [0, 0.05) is 30.6 Å². The van der Waals surface area contributed by atoms with Crippen LogP contribution in [-0.4, -0.2) is 95.9 Å². The van der Waals surface area contributed by atoms with Crippen LogP contribution in [0.2, 0.25) is 0 Å². The van der Waals surface area contributed by atoms with E-state index in [1.807, 2.05) is 24.3 Å². The van der Waals surface area contributed by atoms with Crippen LogP contribution in [0.4, 0.5) is 4.79 Å². The largest absolute Gasteiger partial charge is 0.475 e. The summed E-state index contributed by atoms with van der Waals surface area (Å²) in [6, 6.07) is 9.30. The van der Waals surface area contributed by atoms with Crippen molar-refractivity contribution >= 4 is 30.1 Å². The van der Waals surface area contributed by atoms with Crippen molar-refractivity contribution in [2.75, 3.05) is 39.5 Å². The number of likely N-dealkylation sites (tertiary alicyclic amines) is 1. The number of para-hydroxylation sites is 1. The number of nitriles is 1. The first-order valence-corrected chi connectivity index (χ1v) is 14.8. The maximum Gasteiger partial charge on any atom is 0.475 e. The van der Waals surface area contributed by atoms with Gasteiger partial charge in [-0.3, -0.25) is 9.69 Å². The zero-order valence-corrected chi connectivity index (χ0v) is 24.9. The van der Waals surface area contributed by atoms with Crippen LogP contribution in [0.25, 0.3) is 11.0 Å². The molecule has 12 heteroatoms. The third kappa shape index (κ3) is 7.64. The summed E-state index contributed by atoms with van der Waals surface area (Å²) >= 11 is 0. The van der Waals surface area contributed by atoms with E-state index in [1.165, 1.54) is 6.26 Å². The molecule has 0 aliphatic carbocycles. The van der Waals surface area contributed by atoms with Crippen molar-refractivity contribution in [1.82, 2.24) is 15.1 Å². The molecule has 1 aromatic carbocycles. The first kappa shape index (κ1) is 31.8. The van der Waals surface area contributed by atoms with Gasteiger partial charge in [-0.2, -0.15) is 5.26 Å². The van der Waals surface area contributed by atoms with Gasteiger partial charge in [0.1, 0.15) is 17.6 Å². The summed E-state index contributed by atoms with van der Waals surface area (Å²) in [5, 5.41) is 33.6. The number of carbonyl (C=O) groups excluding carboxylic acids is 2. The summed E-state index contributed by atoms with van der Waals surface area (Å²) in [6.45, 7) is 9.00. The minimum absolute atomic E-state index is 0.0607. The fourth-order valence-electron chi connectivity index (χ4n) is 6.27. The summed E-state index contributed by atoms with van der Waals surface area (Å²) in [5.74, 6) is -1.28. The molecule has 2 aliphatic rings. The number of hydrogen-bond acceptors (Lipinski definition) is 9. The Morgan fingerprint density at radius 3 is 2.62 bits per heavy atom. The third-order valence-corrected chi connectivity index (χ3v) is 8.58. The molecule has 42 heavy (non-hydrogen) atoms. The molecule has 11 nitrogen and oxygen atoms in total. The molecule has 3 N–H and O–H groups in total. The van der Waals surface area contributed by atoms with Crippen LogP contribution >= 0.6 is 0 Å². The van der Waals surface area contributed by atoms with E-state index in [9.17, 15) is 24.9 Å². The zero-order chi connectivity index (χ0) is 30.3. The molecule has 0 saturated carbocycles. The molecule has 3 heterocycles. The molecule has 1 aromatic heterocycles. The normalized spacial score (nSPS) is 20.7. The highest BCUT2D eigenvalue weighted by atomic mass is 16.5. The second kappa shape index (κ2) is 13.9. The monoisotopic (exact) mass is 582 g/mol. The van der Waals surface area contributed by atoms with Gasteiger partial charge in [0.15, 0.2) is 0 Å². The van der Waals surface area contributed by atoms with Gasteiger partial charge in [0.25, 0.3) is 0 Å². The van der Waals surface area contributed by atoms with Crippen LogP contribution in [-0.2, 0) is 20.7 Å². The van der Waals surface area contributed by atoms with Crippen molar-refractivity contribution in [3.63, 3.8) is 0 Å². The van der Waals surface area contributed by atoms with E-state index in [4.69, 9.17) is 13.9 Å². The number of nitrogens with zero attached hydrogens (tertiary/aromatic N) is 3. The van der Waals surface area contributed by atoms with Crippen molar-refractivity contribution in [2.45, 2.75) is 76.8 Å². The minimum atomic E-state index is -1.83. The lowest BCUT2D eigenvalue weighted by molar-refractivity contribution is -0.144. The Morgan fingerprint density at radius 2 is 1.90 bits per heavy atom. The summed E-state index contributed by atoms with van der Waals surface area (Å²) in [4.78, 5) is 30.8. The van der Waals surface area contributed by atoms with Gasteiger partial charge in [-0.1, -0.05) is 31.0 Å². The summed E-state index contributed by atoms with van der Waals surface area (Å²) < 4.78 is 16.6. The SMILES string of the molecule is CC(C#N)(CC(C)(C)N1CCOCC1)C(=O)N1CCCCC[C@@H]1COC(=O)N[C@@H](Cc1coc2ccccc12)B(O)O. The Hall–Kier alpha value is -3.11. The molecule has 0 bridgehead atoms. The van der Waals surface area contributed by atoms with Crippen molar-refractivity contribution in [3.8, 4) is 6.07 Å². The zero-order valence-electron chi connectivity index (χ0n) is 24.9. The molecule has 3 atom stereocenters. The average Bonchev–Trinajstić information content (AvgIpc) is 3.23. The van der Waals surface area contributed by atoms with Crippen LogP contribution in [0.15, 0.2) is 34.9 Å². The predicted octanol–water partition coefficient (Wildman–Crippen LogP) is 2.88. The van der Waals surface area contributed by atoms with Crippen LogP contribution < -0.4 is 5.32 Å². The first-order chi connectivity index (χ1) is 20.0. The highest BCUT2D eigenvalue weighted by Gasteiger charge is 2.45. The maximum atomic E-state index is 14.0. The number of carbonyl (C=O) groups is 2. The van der Waals surface area contributed by atoms with Crippen molar-refractivity contribution in [1.29, 1.82) is 5.26 Å². The van der Waals surface area contributed by atoms with Crippen molar-refractivity contribution in [2.24, 2.45) is 5.41 Å². The van der Waals surface area contributed by atoms with Gasteiger partial charge in [0.05, 0.1) is 37.5 Å². The number of amides is 2. The van der Waals surface area contributed by atoms with E-state index in [0.717, 1.165) is 43.3 Å². The Labute approximate surface area is 247 Å². The second-order valence-corrected chi connectivity index (χ2v) is 12.3. The Bertz CT molecular complexity index is 1260. The molecule has 2 aliphatic heterocycles. The van der Waals surface area contributed by atoms with Crippen molar-refractivity contribution < 1.29 is 33.5 Å². The van der Waals surface area contributed by atoms with Crippen LogP contribution in [0.3, 0.4) is 0 Å². The molecule has 2 saturated heterocycles. The van der Waals surface area contributed by atoms with Gasteiger partial charge in [-0.15, -0.1) is 0 Å². The van der Waals surface area contributed by atoms with E-state index in [1.54, 1.807) is 11.8 Å². The topological polar surface area (TPSA) is 148 Å². The number of benzene rings is 1. The van der Waals surface area contributed by atoms with Gasteiger partial charge in [-0.05, 0) is 58.1 Å². The van der Waals surface area contributed by atoms with Crippen LogP contribution in [0.1, 0.15) is 58.4 Å². The summed E-state index contributed by atoms with van der Waals surface area (Å²) in [7, 11) is -1.83. The van der Waals surface area contributed by atoms with E-state index < -0.39 is 24.6 Å². The maximum absolute atomic E-state index is 14.0. The Morgan fingerprint density at radius 1 is 1.17 bits per heavy atom. The van der Waals surface area contributed by atoms with Crippen molar-refractivity contribution in [3.05, 3.63) is 36.1 Å². The van der Waals surface area contributed by atoms with E-state index in [0.29, 0.717) is 38.2 Å². The number of alkyl carbamates (subject to hydrolysis) is 1. The minimum Gasteiger partial charge on any atom is -0.464 e. The lowest BCUT2D eigenvalue weighted by atomic mass is 9.76. The lowest BCUT2D eigenvalue weighted by Gasteiger charge is -2.44. The lowest BCUT2D eigenvalue weighted by Crippen LogP contribution is -2.56. The van der Waals surface area contributed by atoms with Gasteiger partial charge in [-0.25, -0.2) is 4.79 Å². The van der Waals surface area contributed by atoms with Crippen LogP contribution in [0, 0.1) is 16.7 Å². The average molecular weight is 583 g/mol. The standard InChI is InChI=1S/C30H43BN4O7/c1-29(2,34-13-15-40-16-14-34)20-30(3,21-32)27(36)35-12-8-4-5-9-23(35)19-42-28(37)33-26(31(38)39)17-22-18-41-25-11-7-6-10-24(22)25/h6-7,10-11,18,23,26,38-39H,4-5,8-9,12-17,19-20H2,1-3H3,(H,33,37)/t23-,26+,30?/m1/s1. The molecule has 2 fully saturated rings. The molecule has 0 spiro atoms. The quantitative estimate of drug-likeness (QED) is 0.360. The summed E-state index contributed by atoms with van der Waals surface area (Å²) in [5.41, 5.74) is -0.258. The molecule has 0 radical (unpaired) electrons. The van der Waals surface area contributed by atoms with Gasteiger partial charge < -0.3 is 34.2 Å². The number of hydrogen-bond donors (Lipinski definition) is 3. The highest BCUT2D eigenvalue weighted by molar-refractivity contribution is 6.43. The van der Waals surface area contributed by atoms with Gasteiger partial charge in [0.2, 0.25) is 5.91 Å². The molecule has 1 unspecified atom stereocenters. The van der Waals surface area contributed by atoms with E-state index >= 15 is 0 Å². The van der Waals surface area contributed by atoms with Crippen LogP contribution in [0.5, 0.6) is 0 Å². The number of ether oxygens (including phenoxy) is 2. The Kier molecular flexibility index (Phi) is 10.5. The molecular formula is C30H43BN4O7. The third-order valence-electron chi connectivity index (χ3n) is 8.58. The highest BCUT2D eigenvalue weighted by Crippen LogP contribution is 2.35.